The van der Waals surface area contributed by atoms with Crippen LogP contribution in [0.25, 0.3) is 115 Å². The molecule has 290 valence electrons. The van der Waals surface area contributed by atoms with E-state index in [1.54, 1.807) is 0 Å². The number of nitrogens with zero attached hydrogens (tertiary/aromatic N) is 4. The standard InChI is InChI=1S/C57H36N4S/c1-4-16-37(17-5-1)39-30-32-41(33-31-39)56-58-55(40-20-8-3-9-21-40)59-57(60-56)46-25-11-13-29-49(46)61-48-28-12-10-24-45(48)52-50(61)34-35-51-53(52)47-27-15-26-44(54(47)62-51)43-23-14-22-42(36-43)38-18-6-2-7-19-38/h1-36H. The molecule has 0 radical (unpaired) electrons. The highest BCUT2D eigenvalue weighted by molar-refractivity contribution is 7.26. The van der Waals surface area contributed by atoms with Crippen molar-refractivity contribution in [3.8, 4) is 73.2 Å². The number of hydrogen-bond donors (Lipinski definition) is 0. The van der Waals surface area contributed by atoms with Gasteiger partial charge in [0.15, 0.2) is 17.5 Å². The Balaban J connectivity index is 1.05. The molecule has 0 saturated carbocycles. The molecule has 62 heavy (non-hydrogen) atoms. The van der Waals surface area contributed by atoms with Crippen molar-refractivity contribution in [3.63, 3.8) is 0 Å². The van der Waals surface area contributed by atoms with Gasteiger partial charge < -0.3 is 4.57 Å². The number of benzene rings is 9. The third-order valence-corrected chi connectivity index (χ3v) is 13.1. The van der Waals surface area contributed by atoms with Crippen molar-refractivity contribution in [2.75, 3.05) is 0 Å². The van der Waals surface area contributed by atoms with Crippen LogP contribution in [0.5, 0.6) is 0 Å². The summed E-state index contributed by atoms with van der Waals surface area (Å²) in [5, 5.41) is 5.00. The zero-order valence-electron chi connectivity index (χ0n) is 33.5. The highest BCUT2D eigenvalue weighted by Gasteiger charge is 2.22. The number of aromatic nitrogens is 4. The molecule has 9 aromatic carbocycles. The molecule has 12 aromatic rings. The molecule has 0 atom stereocenters. The van der Waals surface area contributed by atoms with Crippen molar-refractivity contribution in [2.24, 2.45) is 0 Å². The van der Waals surface area contributed by atoms with Gasteiger partial charge in [0.2, 0.25) is 0 Å². The van der Waals surface area contributed by atoms with Crippen molar-refractivity contribution in [3.05, 3.63) is 218 Å². The van der Waals surface area contributed by atoms with E-state index in [1.165, 1.54) is 58.8 Å². The van der Waals surface area contributed by atoms with E-state index < -0.39 is 0 Å². The molecule has 12 rings (SSSR count). The lowest BCUT2D eigenvalue weighted by atomic mass is 9.97. The summed E-state index contributed by atoms with van der Waals surface area (Å²) in [5.74, 6) is 1.88. The third kappa shape index (κ3) is 6.09. The fourth-order valence-electron chi connectivity index (χ4n) is 8.97. The summed E-state index contributed by atoms with van der Waals surface area (Å²) in [6, 6.07) is 77.3. The average molecular weight is 809 g/mol. The fraction of sp³-hybridized carbons (Fsp3) is 0. The van der Waals surface area contributed by atoms with Gasteiger partial charge in [0.1, 0.15) is 0 Å². The Bertz CT molecular complexity index is 3610. The maximum absolute atomic E-state index is 5.25. The van der Waals surface area contributed by atoms with E-state index in [0.717, 1.165) is 39.0 Å². The molecule has 3 heterocycles. The summed E-state index contributed by atoms with van der Waals surface area (Å²) < 4.78 is 4.96. The summed E-state index contributed by atoms with van der Waals surface area (Å²) in [7, 11) is 0. The van der Waals surface area contributed by atoms with Crippen molar-refractivity contribution >= 4 is 53.3 Å². The van der Waals surface area contributed by atoms with E-state index in [1.807, 2.05) is 35.6 Å². The number of para-hydroxylation sites is 2. The highest BCUT2D eigenvalue weighted by Crippen LogP contribution is 2.47. The van der Waals surface area contributed by atoms with Gasteiger partial charge in [-0.2, -0.15) is 0 Å². The maximum Gasteiger partial charge on any atom is 0.166 e. The zero-order valence-corrected chi connectivity index (χ0v) is 34.3. The second-order valence-electron chi connectivity index (χ2n) is 15.5. The molecule has 4 nitrogen and oxygen atoms in total. The van der Waals surface area contributed by atoms with Crippen LogP contribution < -0.4 is 0 Å². The second kappa shape index (κ2) is 14.9. The minimum atomic E-state index is 0.618. The molecular weight excluding hydrogens is 773 g/mol. The second-order valence-corrected chi connectivity index (χ2v) is 16.6. The van der Waals surface area contributed by atoms with Crippen LogP contribution in [-0.4, -0.2) is 19.5 Å². The first kappa shape index (κ1) is 35.9. The van der Waals surface area contributed by atoms with E-state index >= 15 is 0 Å². The maximum atomic E-state index is 5.25. The molecule has 5 heteroatoms. The Morgan fingerprint density at radius 3 is 1.60 bits per heavy atom. The monoisotopic (exact) mass is 808 g/mol. The van der Waals surface area contributed by atoms with Crippen molar-refractivity contribution < 1.29 is 0 Å². The van der Waals surface area contributed by atoms with Crippen LogP contribution in [0.3, 0.4) is 0 Å². The molecule has 3 aromatic heterocycles. The Morgan fingerprint density at radius 1 is 0.323 bits per heavy atom. The first-order chi connectivity index (χ1) is 30.7. The quantitative estimate of drug-likeness (QED) is 0.161. The number of thiophene rings is 1. The van der Waals surface area contributed by atoms with Crippen LogP contribution in [0, 0.1) is 0 Å². The Morgan fingerprint density at radius 2 is 0.839 bits per heavy atom. The summed E-state index contributed by atoms with van der Waals surface area (Å²) in [6.07, 6.45) is 0. The molecule has 0 aliphatic rings. The molecule has 0 unspecified atom stereocenters. The molecule has 0 aliphatic heterocycles. The Hall–Kier alpha value is -7.99. The molecule has 0 aliphatic carbocycles. The third-order valence-electron chi connectivity index (χ3n) is 11.9. The minimum Gasteiger partial charge on any atom is -0.308 e. The topological polar surface area (TPSA) is 43.6 Å². The van der Waals surface area contributed by atoms with Crippen LogP contribution in [0.4, 0.5) is 0 Å². The van der Waals surface area contributed by atoms with Crippen LogP contribution in [0.1, 0.15) is 0 Å². The predicted molar refractivity (Wildman–Crippen MR) is 260 cm³/mol. The van der Waals surface area contributed by atoms with E-state index in [4.69, 9.17) is 15.0 Å². The lowest BCUT2D eigenvalue weighted by molar-refractivity contribution is 1.06. The first-order valence-electron chi connectivity index (χ1n) is 20.9. The summed E-state index contributed by atoms with van der Waals surface area (Å²) >= 11 is 1.88. The van der Waals surface area contributed by atoms with Gasteiger partial charge in [0, 0.05) is 47.6 Å². The van der Waals surface area contributed by atoms with Crippen molar-refractivity contribution in [1.29, 1.82) is 0 Å². The van der Waals surface area contributed by atoms with Gasteiger partial charge in [-0.1, -0.05) is 182 Å². The van der Waals surface area contributed by atoms with Crippen LogP contribution in [0.2, 0.25) is 0 Å². The minimum absolute atomic E-state index is 0.618. The lowest BCUT2D eigenvalue weighted by Crippen LogP contribution is -2.03. The highest BCUT2D eigenvalue weighted by atomic mass is 32.1. The first-order valence-corrected chi connectivity index (χ1v) is 21.7. The Kier molecular flexibility index (Phi) is 8.65. The van der Waals surface area contributed by atoms with Crippen LogP contribution >= 0.6 is 11.3 Å². The van der Waals surface area contributed by atoms with Crippen LogP contribution in [0.15, 0.2) is 218 Å². The van der Waals surface area contributed by atoms with E-state index in [9.17, 15) is 0 Å². The molecule has 0 saturated heterocycles. The lowest BCUT2D eigenvalue weighted by Gasteiger charge is -2.14. The molecule has 0 amide bonds. The molecule has 0 fully saturated rings. The SMILES string of the molecule is c1ccc(-c2ccc(-c3nc(-c4ccccc4)nc(-c4ccccc4-n4c5ccccc5c5c6c(ccc54)sc4c(-c5cccc(-c7ccccc7)c5)cccc46)n3)cc2)cc1. The van der Waals surface area contributed by atoms with Crippen molar-refractivity contribution in [1.82, 2.24) is 19.5 Å². The predicted octanol–water partition coefficient (Wildman–Crippen LogP) is 15.3. The zero-order chi connectivity index (χ0) is 41.0. The average Bonchev–Trinajstić information content (AvgIpc) is 3.91. The van der Waals surface area contributed by atoms with E-state index in [-0.39, 0.29) is 0 Å². The van der Waals surface area contributed by atoms with Gasteiger partial charge in [0.05, 0.1) is 16.7 Å². The molecule has 0 spiro atoms. The van der Waals surface area contributed by atoms with Crippen LogP contribution in [-0.2, 0) is 0 Å². The van der Waals surface area contributed by atoms with E-state index in [2.05, 4.69) is 199 Å². The molecule has 0 bridgehead atoms. The fourth-order valence-corrected chi connectivity index (χ4v) is 10.2. The van der Waals surface area contributed by atoms with Gasteiger partial charge >= 0.3 is 0 Å². The number of hydrogen-bond acceptors (Lipinski definition) is 4. The van der Waals surface area contributed by atoms with Gasteiger partial charge in [-0.05, 0) is 69.8 Å². The van der Waals surface area contributed by atoms with Gasteiger partial charge in [-0.3, -0.25) is 0 Å². The van der Waals surface area contributed by atoms with Crippen molar-refractivity contribution in [2.45, 2.75) is 0 Å². The summed E-state index contributed by atoms with van der Waals surface area (Å²) in [6.45, 7) is 0. The van der Waals surface area contributed by atoms with Gasteiger partial charge in [-0.25, -0.2) is 15.0 Å². The van der Waals surface area contributed by atoms with Gasteiger partial charge in [-0.15, -0.1) is 11.3 Å². The number of fused-ring (bicyclic) bond motifs is 7. The Labute approximate surface area is 362 Å². The normalized spacial score (nSPS) is 11.5. The van der Waals surface area contributed by atoms with E-state index in [0.29, 0.717) is 17.5 Å². The largest absolute Gasteiger partial charge is 0.308 e. The molecule has 0 N–H and O–H groups in total. The number of rotatable bonds is 7. The smallest absolute Gasteiger partial charge is 0.166 e. The van der Waals surface area contributed by atoms with Gasteiger partial charge in [0.25, 0.3) is 0 Å². The molecular formula is C57H36N4S. The summed E-state index contributed by atoms with van der Waals surface area (Å²) in [4.78, 5) is 15.5. The summed E-state index contributed by atoms with van der Waals surface area (Å²) in [5.41, 5.74) is 13.3.